The minimum absolute atomic E-state index is 0.290. The van der Waals surface area contributed by atoms with Crippen molar-refractivity contribution in [3.05, 3.63) is 0 Å². The fraction of sp³-hybridized carbons (Fsp3) is 1.00. The van der Waals surface area contributed by atoms with Crippen molar-refractivity contribution in [3.63, 3.8) is 0 Å². The maximum absolute atomic E-state index is 11.8. The molecular formula is C17H33NO2S. The Kier molecular flexibility index (Phi) is 6.13. The van der Waals surface area contributed by atoms with E-state index in [1.165, 1.54) is 32.1 Å². The van der Waals surface area contributed by atoms with E-state index in [2.05, 4.69) is 19.2 Å². The molecule has 2 aliphatic carbocycles. The van der Waals surface area contributed by atoms with Gasteiger partial charge in [-0.25, -0.2) is 8.42 Å². The van der Waals surface area contributed by atoms with Crippen molar-refractivity contribution in [2.24, 2.45) is 23.7 Å². The Morgan fingerprint density at radius 2 is 1.81 bits per heavy atom. The minimum atomic E-state index is -2.82. The van der Waals surface area contributed by atoms with Gasteiger partial charge in [0, 0.05) is 11.8 Å². The lowest BCUT2D eigenvalue weighted by molar-refractivity contribution is 0.142. The van der Waals surface area contributed by atoms with Crippen LogP contribution in [0, 0.1) is 23.7 Å². The van der Waals surface area contributed by atoms with E-state index in [0.29, 0.717) is 17.6 Å². The molecule has 21 heavy (non-hydrogen) atoms. The molecule has 2 rings (SSSR count). The smallest absolute Gasteiger partial charge is 0.150 e. The lowest BCUT2D eigenvalue weighted by Crippen LogP contribution is -2.36. The molecule has 3 unspecified atom stereocenters. The van der Waals surface area contributed by atoms with E-state index in [-0.39, 0.29) is 5.75 Å². The van der Waals surface area contributed by atoms with E-state index in [9.17, 15) is 8.42 Å². The molecule has 4 heteroatoms. The Hall–Kier alpha value is -0.0900. The first kappa shape index (κ1) is 17.3. The number of sulfone groups is 1. The molecule has 0 spiro atoms. The van der Waals surface area contributed by atoms with Gasteiger partial charge in [0.2, 0.25) is 0 Å². The molecule has 0 aliphatic heterocycles. The maximum Gasteiger partial charge on any atom is 0.150 e. The zero-order chi connectivity index (χ0) is 15.5. The van der Waals surface area contributed by atoms with Crippen molar-refractivity contribution in [3.8, 4) is 0 Å². The summed E-state index contributed by atoms with van der Waals surface area (Å²) in [6.45, 7) is 7.49. The SMILES string of the molecule is CCS(=O)(=O)CCC1CC(C(C)C)CCC1CNC1CC1. The third-order valence-electron chi connectivity index (χ3n) is 5.61. The molecule has 0 saturated heterocycles. The maximum atomic E-state index is 11.8. The highest BCUT2D eigenvalue weighted by Crippen LogP contribution is 2.39. The Labute approximate surface area is 131 Å². The van der Waals surface area contributed by atoms with Crippen LogP contribution in [-0.4, -0.2) is 32.5 Å². The Bertz CT molecular complexity index is 415. The average molecular weight is 316 g/mol. The normalized spacial score (nSPS) is 30.8. The van der Waals surface area contributed by atoms with E-state index in [4.69, 9.17) is 0 Å². The van der Waals surface area contributed by atoms with Crippen molar-refractivity contribution in [1.29, 1.82) is 0 Å². The lowest BCUT2D eigenvalue weighted by atomic mass is 9.69. The molecule has 1 N–H and O–H groups in total. The van der Waals surface area contributed by atoms with Crippen molar-refractivity contribution in [2.45, 2.75) is 65.3 Å². The monoisotopic (exact) mass is 315 g/mol. The summed E-state index contributed by atoms with van der Waals surface area (Å²) in [4.78, 5) is 0. The van der Waals surface area contributed by atoms with Gasteiger partial charge >= 0.3 is 0 Å². The fourth-order valence-corrected chi connectivity index (χ4v) is 4.62. The van der Waals surface area contributed by atoms with Crippen molar-refractivity contribution < 1.29 is 8.42 Å². The number of rotatable bonds is 8. The number of nitrogens with one attached hydrogen (secondary N) is 1. The molecule has 3 nitrogen and oxygen atoms in total. The van der Waals surface area contributed by atoms with Gasteiger partial charge in [0.1, 0.15) is 9.84 Å². The summed E-state index contributed by atoms with van der Waals surface area (Å²) in [7, 11) is -2.82. The highest BCUT2D eigenvalue weighted by atomic mass is 32.2. The summed E-state index contributed by atoms with van der Waals surface area (Å²) in [5, 5.41) is 3.66. The molecule has 2 saturated carbocycles. The van der Waals surface area contributed by atoms with Gasteiger partial charge in [-0.15, -0.1) is 0 Å². The highest BCUT2D eigenvalue weighted by molar-refractivity contribution is 7.91. The van der Waals surface area contributed by atoms with Gasteiger partial charge in [0.15, 0.2) is 0 Å². The zero-order valence-electron chi connectivity index (χ0n) is 14.0. The molecule has 2 fully saturated rings. The summed E-state index contributed by atoms with van der Waals surface area (Å²) in [5.41, 5.74) is 0. The predicted octanol–water partition coefficient (Wildman–Crippen LogP) is 3.25. The van der Waals surface area contributed by atoms with Crippen LogP contribution >= 0.6 is 0 Å². The van der Waals surface area contributed by atoms with Gasteiger partial charge < -0.3 is 5.32 Å². The van der Waals surface area contributed by atoms with Crippen LogP contribution in [0.25, 0.3) is 0 Å². The van der Waals surface area contributed by atoms with E-state index in [0.717, 1.165) is 30.8 Å². The van der Waals surface area contributed by atoms with Crippen LogP contribution in [0.1, 0.15) is 59.3 Å². The fourth-order valence-electron chi connectivity index (χ4n) is 3.67. The van der Waals surface area contributed by atoms with Gasteiger partial charge in [0.25, 0.3) is 0 Å². The molecule has 124 valence electrons. The van der Waals surface area contributed by atoms with E-state index in [1.54, 1.807) is 6.92 Å². The van der Waals surface area contributed by atoms with E-state index >= 15 is 0 Å². The van der Waals surface area contributed by atoms with Crippen LogP contribution in [0.5, 0.6) is 0 Å². The highest BCUT2D eigenvalue weighted by Gasteiger charge is 2.33. The molecule has 0 amide bonds. The van der Waals surface area contributed by atoms with Crippen molar-refractivity contribution in [2.75, 3.05) is 18.1 Å². The van der Waals surface area contributed by atoms with Crippen molar-refractivity contribution >= 4 is 9.84 Å². The lowest BCUT2D eigenvalue weighted by Gasteiger charge is -2.38. The van der Waals surface area contributed by atoms with Gasteiger partial charge in [-0.1, -0.05) is 20.8 Å². The molecule has 0 bridgehead atoms. The molecule has 0 aromatic carbocycles. The second kappa shape index (κ2) is 7.45. The summed E-state index contributed by atoms with van der Waals surface area (Å²) >= 11 is 0. The first-order valence-electron chi connectivity index (χ1n) is 8.85. The number of hydrogen-bond acceptors (Lipinski definition) is 3. The molecule has 0 aromatic heterocycles. The zero-order valence-corrected chi connectivity index (χ0v) is 14.8. The number of hydrogen-bond donors (Lipinski definition) is 1. The first-order chi connectivity index (χ1) is 9.91. The van der Waals surface area contributed by atoms with Crippen LogP contribution in [0.15, 0.2) is 0 Å². The molecule has 3 atom stereocenters. The first-order valence-corrected chi connectivity index (χ1v) is 10.7. The molecule has 0 heterocycles. The summed E-state index contributed by atoms with van der Waals surface area (Å²) in [6, 6.07) is 0.757. The second-order valence-corrected chi connectivity index (χ2v) is 10.0. The summed E-state index contributed by atoms with van der Waals surface area (Å²) < 4.78 is 23.6. The molecule has 2 aliphatic rings. The third-order valence-corrected chi connectivity index (χ3v) is 7.35. The van der Waals surface area contributed by atoms with Gasteiger partial charge in [-0.3, -0.25) is 0 Å². The van der Waals surface area contributed by atoms with Crippen LogP contribution < -0.4 is 5.32 Å². The molecule has 0 aromatic rings. The van der Waals surface area contributed by atoms with Crippen molar-refractivity contribution in [1.82, 2.24) is 5.32 Å². The molecular weight excluding hydrogens is 282 g/mol. The molecule has 0 radical (unpaired) electrons. The minimum Gasteiger partial charge on any atom is -0.314 e. The van der Waals surface area contributed by atoms with Gasteiger partial charge in [0.05, 0.1) is 5.75 Å². The predicted molar refractivity (Wildman–Crippen MR) is 89.1 cm³/mol. The van der Waals surface area contributed by atoms with Crippen LogP contribution in [0.3, 0.4) is 0 Å². The van der Waals surface area contributed by atoms with E-state index < -0.39 is 9.84 Å². The summed E-state index contributed by atoms with van der Waals surface area (Å²) in [6.07, 6.45) is 7.36. The van der Waals surface area contributed by atoms with Crippen LogP contribution in [0.2, 0.25) is 0 Å². The standard InChI is InChI=1S/C17H33NO2S/c1-4-21(19,20)10-9-15-11-14(13(2)3)5-6-16(15)12-18-17-7-8-17/h13-18H,4-12H2,1-3H3. The largest absolute Gasteiger partial charge is 0.314 e. The Morgan fingerprint density at radius 1 is 1.10 bits per heavy atom. The van der Waals surface area contributed by atoms with Gasteiger partial charge in [-0.2, -0.15) is 0 Å². The Morgan fingerprint density at radius 3 is 2.38 bits per heavy atom. The topological polar surface area (TPSA) is 46.2 Å². The summed E-state index contributed by atoms with van der Waals surface area (Å²) in [5.74, 6) is 3.48. The van der Waals surface area contributed by atoms with Crippen LogP contribution in [-0.2, 0) is 9.84 Å². The quantitative estimate of drug-likeness (QED) is 0.748. The second-order valence-electron chi connectivity index (χ2n) is 7.54. The van der Waals surface area contributed by atoms with Gasteiger partial charge in [-0.05, 0) is 68.7 Å². The Balaban J connectivity index is 1.90. The van der Waals surface area contributed by atoms with E-state index in [1.807, 2.05) is 0 Å². The average Bonchev–Trinajstić information content (AvgIpc) is 3.27. The third kappa shape index (κ3) is 5.55. The van der Waals surface area contributed by atoms with Crippen LogP contribution in [0.4, 0.5) is 0 Å².